The van der Waals surface area contributed by atoms with Gasteiger partial charge in [0.1, 0.15) is 6.04 Å². The van der Waals surface area contributed by atoms with Crippen molar-refractivity contribution in [3.63, 3.8) is 0 Å². The number of carbonyl (C=O) groups excluding carboxylic acids is 3. The molecular weight excluding hydrogens is 371 g/mol. The number of carbonyl (C=O) groups is 3. The number of methoxy groups -OCH3 is 2. The molecule has 1 aromatic carbocycles. The summed E-state index contributed by atoms with van der Waals surface area (Å²) < 4.78 is 46.8. The Morgan fingerprint density at radius 2 is 1.67 bits per heavy atom. The molecule has 0 aromatic heterocycles. The fourth-order valence-corrected chi connectivity index (χ4v) is 2.26. The second-order valence-electron chi connectivity index (χ2n) is 5.79. The fourth-order valence-electron chi connectivity index (χ4n) is 2.26. The molecule has 0 saturated carbocycles. The van der Waals surface area contributed by atoms with Gasteiger partial charge in [0.05, 0.1) is 26.2 Å². The van der Waals surface area contributed by atoms with Crippen LogP contribution in [0.4, 0.5) is 13.2 Å². The van der Waals surface area contributed by atoms with E-state index >= 15 is 0 Å². The highest BCUT2D eigenvalue weighted by atomic mass is 19.4. The third-order valence-electron chi connectivity index (χ3n) is 3.84. The van der Waals surface area contributed by atoms with Gasteiger partial charge in [-0.05, 0) is 23.6 Å². The summed E-state index contributed by atoms with van der Waals surface area (Å²) in [4.78, 5) is 35.4. The molecule has 7 nitrogen and oxygen atoms in total. The zero-order chi connectivity index (χ0) is 20.8. The highest BCUT2D eigenvalue weighted by Gasteiger charge is 2.33. The minimum absolute atomic E-state index is 0.0928. The van der Waals surface area contributed by atoms with Gasteiger partial charge in [0, 0.05) is 0 Å². The SMILES string of the molecule is COC(=O)C[C@@H](C)[C@H](NC(=O)[C@H](O)c1ccc(C(F)(F)F)cc1)C(=O)OC. The molecule has 2 N–H and O–H groups in total. The van der Waals surface area contributed by atoms with Gasteiger partial charge < -0.3 is 19.9 Å². The summed E-state index contributed by atoms with van der Waals surface area (Å²) in [5.41, 5.74) is -1.03. The Hall–Kier alpha value is -2.62. The molecule has 0 bridgehead atoms. The molecular formula is C17H20F3NO6. The van der Waals surface area contributed by atoms with E-state index in [1.807, 2.05) is 0 Å². The Balaban J connectivity index is 2.90. The predicted octanol–water partition coefficient (Wildman–Crippen LogP) is 1.60. The summed E-state index contributed by atoms with van der Waals surface area (Å²) in [6.07, 6.45) is -6.57. The molecule has 0 radical (unpaired) electrons. The third kappa shape index (κ3) is 6.24. The molecule has 0 unspecified atom stereocenters. The molecule has 10 heteroatoms. The standard InChI is InChI=1S/C17H20F3NO6/c1-9(8-12(22)26-2)13(16(25)27-3)21-15(24)14(23)10-4-6-11(7-5-10)17(18,19)20/h4-7,9,13-14,23H,8H2,1-3H3,(H,21,24)/t9-,13+,14-/m1/s1. The van der Waals surface area contributed by atoms with Crippen LogP contribution in [0.3, 0.4) is 0 Å². The smallest absolute Gasteiger partial charge is 0.416 e. The molecule has 0 aliphatic carbocycles. The number of hydrogen-bond acceptors (Lipinski definition) is 6. The van der Waals surface area contributed by atoms with Crippen molar-refractivity contribution >= 4 is 17.8 Å². The molecule has 0 heterocycles. The van der Waals surface area contributed by atoms with Gasteiger partial charge in [-0.1, -0.05) is 19.1 Å². The Bertz CT molecular complexity index is 674. The largest absolute Gasteiger partial charge is 0.469 e. The zero-order valence-corrected chi connectivity index (χ0v) is 14.9. The quantitative estimate of drug-likeness (QED) is 0.685. The summed E-state index contributed by atoms with van der Waals surface area (Å²) >= 11 is 0. The number of nitrogens with one attached hydrogen (secondary N) is 1. The van der Waals surface area contributed by atoms with Crippen LogP contribution in [0.5, 0.6) is 0 Å². The highest BCUT2D eigenvalue weighted by molar-refractivity contribution is 5.88. The van der Waals surface area contributed by atoms with Gasteiger partial charge in [-0.25, -0.2) is 4.79 Å². The molecule has 1 rings (SSSR count). The normalized spacial score (nSPS) is 14.6. The molecule has 0 saturated heterocycles. The van der Waals surface area contributed by atoms with Gasteiger partial charge in [-0.3, -0.25) is 9.59 Å². The average Bonchev–Trinajstić information content (AvgIpc) is 2.63. The van der Waals surface area contributed by atoms with Crippen LogP contribution in [0.2, 0.25) is 0 Å². The second kappa shape index (κ2) is 9.36. The topological polar surface area (TPSA) is 102 Å². The Labute approximate surface area is 153 Å². The summed E-state index contributed by atoms with van der Waals surface area (Å²) in [5, 5.41) is 12.3. The van der Waals surface area contributed by atoms with Crippen LogP contribution in [0, 0.1) is 5.92 Å². The first-order valence-corrected chi connectivity index (χ1v) is 7.81. The summed E-state index contributed by atoms with van der Waals surface area (Å²) in [6.45, 7) is 1.49. The number of aliphatic hydroxyl groups is 1. The molecule has 1 amide bonds. The van der Waals surface area contributed by atoms with Crippen LogP contribution >= 0.6 is 0 Å². The monoisotopic (exact) mass is 391 g/mol. The molecule has 3 atom stereocenters. The van der Waals surface area contributed by atoms with Crippen molar-refractivity contribution in [3.8, 4) is 0 Å². The number of benzene rings is 1. The van der Waals surface area contributed by atoms with Crippen molar-refractivity contribution in [2.45, 2.75) is 31.7 Å². The molecule has 0 aliphatic heterocycles. The number of amides is 1. The van der Waals surface area contributed by atoms with E-state index in [-0.39, 0.29) is 12.0 Å². The Morgan fingerprint density at radius 3 is 2.11 bits per heavy atom. The molecule has 1 aromatic rings. The van der Waals surface area contributed by atoms with Crippen molar-refractivity contribution in [1.82, 2.24) is 5.32 Å². The summed E-state index contributed by atoms with van der Waals surface area (Å²) in [5.74, 6) is -3.20. The van der Waals surface area contributed by atoms with Crippen LogP contribution in [0.25, 0.3) is 0 Å². The van der Waals surface area contributed by atoms with Gasteiger partial charge >= 0.3 is 18.1 Å². The van der Waals surface area contributed by atoms with E-state index in [1.165, 1.54) is 6.92 Å². The highest BCUT2D eigenvalue weighted by Crippen LogP contribution is 2.30. The lowest BCUT2D eigenvalue weighted by Gasteiger charge is -2.23. The van der Waals surface area contributed by atoms with Crippen LogP contribution in [-0.2, 0) is 30.0 Å². The van der Waals surface area contributed by atoms with Crippen molar-refractivity contribution < 1.29 is 42.1 Å². The van der Waals surface area contributed by atoms with Gasteiger partial charge in [0.15, 0.2) is 6.10 Å². The molecule has 150 valence electrons. The van der Waals surface area contributed by atoms with Gasteiger partial charge in [-0.15, -0.1) is 0 Å². The predicted molar refractivity (Wildman–Crippen MR) is 86.1 cm³/mol. The molecule has 0 spiro atoms. The van der Waals surface area contributed by atoms with E-state index in [0.29, 0.717) is 0 Å². The van der Waals surface area contributed by atoms with Crippen molar-refractivity contribution in [1.29, 1.82) is 0 Å². The van der Waals surface area contributed by atoms with Gasteiger partial charge in [0.25, 0.3) is 5.91 Å². The number of halogens is 3. The van der Waals surface area contributed by atoms with Crippen LogP contribution in [-0.4, -0.2) is 43.2 Å². The molecule has 0 fully saturated rings. The Kier molecular flexibility index (Phi) is 7.77. The van der Waals surface area contributed by atoms with Crippen LogP contribution in [0.1, 0.15) is 30.6 Å². The van der Waals surface area contributed by atoms with Gasteiger partial charge in [-0.2, -0.15) is 13.2 Å². The summed E-state index contributed by atoms with van der Waals surface area (Å²) in [6, 6.07) is 2.11. The maximum absolute atomic E-state index is 12.6. The van der Waals surface area contributed by atoms with E-state index in [4.69, 9.17) is 0 Å². The van der Waals surface area contributed by atoms with E-state index < -0.39 is 47.6 Å². The van der Waals surface area contributed by atoms with E-state index in [2.05, 4.69) is 14.8 Å². The molecule has 27 heavy (non-hydrogen) atoms. The van der Waals surface area contributed by atoms with E-state index in [1.54, 1.807) is 0 Å². The van der Waals surface area contributed by atoms with Crippen LogP contribution in [0.15, 0.2) is 24.3 Å². The Morgan fingerprint density at radius 1 is 1.11 bits per heavy atom. The lowest BCUT2D eigenvalue weighted by atomic mass is 9.97. The second-order valence-corrected chi connectivity index (χ2v) is 5.79. The average molecular weight is 391 g/mol. The minimum Gasteiger partial charge on any atom is -0.469 e. The van der Waals surface area contributed by atoms with Crippen molar-refractivity contribution in [2.75, 3.05) is 14.2 Å². The minimum atomic E-state index is -4.55. The maximum atomic E-state index is 12.6. The van der Waals surface area contributed by atoms with E-state index in [0.717, 1.165) is 38.5 Å². The number of hydrogen-bond donors (Lipinski definition) is 2. The number of alkyl halides is 3. The number of rotatable bonds is 7. The number of esters is 2. The van der Waals surface area contributed by atoms with Crippen molar-refractivity contribution in [2.24, 2.45) is 5.92 Å². The number of aliphatic hydroxyl groups excluding tert-OH is 1. The maximum Gasteiger partial charge on any atom is 0.416 e. The summed E-state index contributed by atoms with van der Waals surface area (Å²) in [7, 11) is 2.24. The lowest BCUT2D eigenvalue weighted by Crippen LogP contribution is -2.48. The fraction of sp³-hybridized carbons (Fsp3) is 0.471. The van der Waals surface area contributed by atoms with Crippen LogP contribution < -0.4 is 5.32 Å². The van der Waals surface area contributed by atoms with Crippen molar-refractivity contribution in [3.05, 3.63) is 35.4 Å². The first kappa shape index (κ1) is 22.4. The van der Waals surface area contributed by atoms with Gasteiger partial charge in [0.2, 0.25) is 0 Å². The number of ether oxygens (including phenoxy) is 2. The first-order chi connectivity index (χ1) is 12.5. The third-order valence-corrected chi connectivity index (χ3v) is 3.84. The lowest BCUT2D eigenvalue weighted by molar-refractivity contribution is -0.149. The first-order valence-electron chi connectivity index (χ1n) is 7.81. The zero-order valence-electron chi connectivity index (χ0n) is 14.9. The van der Waals surface area contributed by atoms with E-state index in [9.17, 15) is 32.7 Å². The molecule has 0 aliphatic rings.